The van der Waals surface area contributed by atoms with Gasteiger partial charge in [-0.25, -0.2) is 4.79 Å². The molecule has 14 heavy (non-hydrogen) atoms. The van der Waals surface area contributed by atoms with Crippen LogP contribution in [0.25, 0.3) is 0 Å². The van der Waals surface area contributed by atoms with Crippen molar-refractivity contribution in [1.29, 1.82) is 0 Å². The summed E-state index contributed by atoms with van der Waals surface area (Å²) in [4.78, 5) is 12.2. The van der Waals surface area contributed by atoms with Gasteiger partial charge in [0.25, 0.3) is 0 Å². The number of hydrogen-bond donors (Lipinski definition) is 1. The van der Waals surface area contributed by atoms with Gasteiger partial charge in [0.2, 0.25) is 0 Å². The van der Waals surface area contributed by atoms with Crippen LogP contribution in [0.5, 0.6) is 0 Å². The summed E-state index contributed by atoms with van der Waals surface area (Å²) < 4.78 is 0. The van der Waals surface area contributed by atoms with Crippen LogP contribution in [0.3, 0.4) is 0 Å². The predicted octanol–water partition coefficient (Wildman–Crippen LogP) is 2.53. The van der Waals surface area contributed by atoms with E-state index in [1.807, 2.05) is 44.2 Å². The second-order valence-electron chi connectivity index (χ2n) is 3.77. The van der Waals surface area contributed by atoms with Gasteiger partial charge in [0, 0.05) is 7.05 Å². The highest BCUT2D eigenvalue weighted by Crippen LogP contribution is 2.25. The summed E-state index contributed by atoms with van der Waals surface area (Å²) >= 11 is 0. The summed E-state index contributed by atoms with van der Waals surface area (Å²) in [5.74, 6) is 0. The van der Waals surface area contributed by atoms with Crippen molar-refractivity contribution in [2.45, 2.75) is 19.4 Å². The van der Waals surface area contributed by atoms with Crippen molar-refractivity contribution in [3.05, 3.63) is 35.9 Å². The Kier molecular flexibility index (Phi) is 2.79. The molecule has 0 spiro atoms. The first-order valence-electron chi connectivity index (χ1n) is 4.48. The van der Waals surface area contributed by atoms with Gasteiger partial charge in [-0.2, -0.15) is 0 Å². The number of nitrogens with zero attached hydrogens (tertiary/aromatic N) is 1. The molecular formula is C11H15NO2. The molecule has 0 saturated carbocycles. The molecule has 1 amide bonds. The Bertz CT molecular complexity index is 319. The van der Waals surface area contributed by atoms with Crippen molar-refractivity contribution < 1.29 is 9.90 Å². The third-order valence-corrected chi connectivity index (χ3v) is 2.61. The van der Waals surface area contributed by atoms with Gasteiger partial charge in [0.1, 0.15) is 0 Å². The average Bonchev–Trinajstić information content (AvgIpc) is 2.18. The summed E-state index contributed by atoms with van der Waals surface area (Å²) in [7, 11) is 1.58. The van der Waals surface area contributed by atoms with Gasteiger partial charge in [0.05, 0.1) is 5.54 Å². The molecular weight excluding hydrogens is 178 g/mol. The van der Waals surface area contributed by atoms with Gasteiger partial charge in [-0.15, -0.1) is 0 Å². The highest BCUT2D eigenvalue weighted by atomic mass is 16.4. The summed E-state index contributed by atoms with van der Waals surface area (Å²) in [6, 6.07) is 9.60. The number of carboxylic acid groups (broad SMARTS) is 1. The Morgan fingerprint density at radius 2 is 1.79 bits per heavy atom. The first-order valence-corrected chi connectivity index (χ1v) is 4.48. The summed E-state index contributed by atoms with van der Waals surface area (Å²) in [6.45, 7) is 3.77. The van der Waals surface area contributed by atoms with E-state index in [-0.39, 0.29) is 0 Å². The first kappa shape index (κ1) is 10.6. The third kappa shape index (κ3) is 1.87. The number of amides is 1. The molecule has 0 aliphatic carbocycles. The van der Waals surface area contributed by atoms with Gasteiger partial charge in [-0.3, -0.25) is 0 Å². The van der Waals surface area contributed by atoms with E-state index in [9.17, 15) is 4.79 Å². The molecule has 0 aliphatic heterocycles. The van der Waals surface area contributed by atoms with Gasteiger partial charge in [0.15, 0.2) is 0 Å². The third-order valence-electron chi connectivity index (χ3n) is 2.61. The quantitative estimate of drug-likeness (QED) is 0.784. The second kappa shape index (κ2) is 3.70. The second-order valence-corrected chi connectivity index (χ2v) is 3.77. The highest BCUT2D eigenvalue weighted by molar-refractivity contribution is 5.66. The standard InChI is InChI=1S/C11H15NO2/c1-11(2,12(3)10(13)14)9-7-5-4-6-8-9/h4-8H,1-3H3,(H,13,14). The molecule has 0 heterocycles. The van der Waals surface area contributed by atoms with E-state index in [1.165, 1.54) is 4.90 Å². The fourth-order valence-electron chi connectivity index (χ4n) is 1.28. The van der Waals surface area contributed by atoms with E-state index in [0.717, 1.165) is 5.56 Å². The molecule has 1 N–H and O–H groups in total. The number of carbonyl (C=O) groups is 1. The van der Waals surface area contributed by atoms with E-state index in [4.69, 9.17) is 5.11 Å². The lowest BCUT2D eigenvalue weighted by molar-refractivity contribution is 0.110. The van der Waals surface area contributed by atoms with Gasteiger partial charge >= 0.3 is 6.09 Å². The van der Waals surface area contributed by atoms with Crippen molar-refractivity contribution in [3.63, 3.8) is 0 Å². The Morgan fingerprint density at radius 1 is 1.29 bits per heavy atom. The fourth-order valence-corrected chi connectivity index (χ4v) is 1.28. The molecule has 1 rings (SSSR count). The average molecular weight is 193 g/mol. The van der Waals surface area contributed by atoms with E-state index in [2.05, 4.69) is 0 Å². The minimum atomic E-state index is -0.918. The maximum atomic E-state index is 10.8. The number of benzene rings is 1. The predicted molar refractivity (Wildman–Crippen MR) is 55.3 cm³/mol. The summed E-state index contributed by atoms with van der Waals surface area (Å²) in [5.41, 5.74) is 0.498. The topological polar surface area (TPSA) is 40.5 Å². The lowest BCUT2D eigenvalue weighted by Crippen LogP contribution is -2.41. The molecule has 0 unspecified atom stereocenters. The Morgan fingerprint density at radius 3 is 2.21 bits per heavy atom. The lowest BCUT2D eigenvalue weighted by Gasteiger charge is -2.33. The maximum Gasteiger partial charge on any atom is 0.407 e. The molecule has 0 saturated heterocycles. The van der Waals surface area contributed by atoms with Crippen LogP contribution in [0.4, 0.5) is 4.79 Å². The lowest BCUT2D eigenvalue weighted by atomic mass is 9.93. The van der Waals surface area contributed by atoms with Crippen molar-refractivity contribution in [1.82, 2.24) is 4.90 Å². The van der Waals surface area contributed by atoms with Crippen LogP contribution < -0.4 is 0 Å². The van der Waals surface area contributed by atoms with Crippen LogP contribution in [0.2, 0.25) is 0 Å². The van der Waals surface area contributed by atoms with E-state index in [0.29, 0.717) is 0 Å². The molecule has 0 aliphatic rings. The zero-order valence-electron chi connectivity index (χ0n) is 8.69. The van der Waals surface area contributed by atoms with Crippen LogP contribution in [0, 0.1) is 0 Å². The van der Waals surface area contributed by atoms with Crippen molar-refractivity contribution >= 4 is 6.09 Å². The molecule has 0 bridgehead atoms. The van der Waals surface area contributed by atoms with Crippen molar-refractivity contribution in [3.8, 4) is 0 Å². The molecule has 1 aromatic rings. The molecule has 1 aromatic carbocycles. The monoisotopic (exact) mass is 193 g/mol. The zero-order chi connectivity index (χ0) is 10.8. The normalized spacial score (nSPS) is 11.1. The fraction of sp³-hybridized carbons (Fsp3) is 0.364. The van der Waals surface area contributed by atoms with Crippen LogP contribution in [-0.4, -0.2) is 23.1 Å². The molecule has 0 radical (unpaired) electrons. The Balaban J connectivity index is 3.02. The molecule has 0 atom stereocenters. The van der Waals surface area contributed by atoms with Crippen LogP contribution in [0.15, 0.2) is 30.3 Å². The van der Waals surface area contributed by atoms with E-state index >= 15 is 0 Å². The number of hydrogen-bond acceptors (Lipinski definition) is 1. The molecule has 76 valence electrons. The maximum absolute atomic E-state index is 10.8. The summed E-state index contributed by atoms with van der Waals surface area (Å²) in [6.07, 6.45) is -0.918. The van der Waals surface area contributed by atoms with Crippen LogP contribution >= 0.6 is 0 Å². The molecule has 3 nitrogen and oxygen atoms in total. The largest absolute Gasteiger partial charge is 0.465 e. The Labute approximate surface area is 84.0 Å². The van der Waals surface area contributed by atoms with Gasteiger partial charge in [-0.05, 0) is 19.4 Å². The smallest absolute Gasteiger partial charge is 0.407 e. The summed E-state index contributed by atoms with van der Waals surface area (Å²) in [5, 5.41) is 8.90. The van der Waals surface area contributed by atoms with Gasteiger partial charge in [-0.1, -0.05) is 30.3 Å². The van der Waals surface area contributed by atoms with Crippen molar-refractivity contribution in [2.75, 3.05) is 7.05 Å². The number of rotatable bonds is 2. The van der Waals surface area contributed by atoms with Crippen LogP contribution in [0.1, 0.15) is 19.4 Å². The SMILES string of the molecule is CN(C(=O)O)C(C)(C)c1ccccc1. The minimum absolute atomic E-state index is 0.493. The highest BCUT2D eigenvalue weighted by Gasteiger charge is 2.28. The molecule has 0 fully saturated rings. The molecule has 3 heteroatoms. The Hall–Kier alpha value is -1.51. The van der Waals surface area contributed by atoms with Crippen LogP contribution in [-0.2, 0) is 5.54 Å². The zero-order valence-corrected chi connectivity index (χ0v) is 8.69. The van der Waals surface area contributed by atoms with E-state index in [1.54, 1.807) is 7.05 Å². The minimum Gasteiger partial charge on any atom is -0.465 e. The van der Waals surface area contributed by atoms with E-state index < -0.39 is 11.6 Å². The van der Waals surface area contributed by atoms with Gasteiger partial charge < -0.3 is 10.0 Å². The first-order chi connectivity index (χ1) is 6.46. The molecule has 0 aromatic heterocycles. The van der Waals surface area contributed by atoms with Crippen molar-refractivity contribution in [2.24, 2.45) is 0 Å².